The van der Waals surface area contributed by atoms with Crippen molar-refractivity contribution in [2.75, 3.05) is 32.5 Å². The number of aromatic carboxylic acids is 1. The summed E-state index contributed by atoms with van der Waals surface area (Å²) in [7, 11) is 2.20. The van der Waals surface area contributed by atoms with E-state index in [2.05, 4.69) is 9.47 Å². The van der Waals surface area contributed by atoms with Gasteiger partial charge in [-0.2, -0.15) is 0 Å². The molecule has 0 spiro atoms. The van der Waals surface area contributed by atoms with Gasteiger partial charge in [-0.25, -0.2) is 14.4 Å². The van der Waals surface area contributed by atoms with Gasteiger partial charge in [0.2, 0.25) is 0 Å². The molecule has 0 unspecified atom stereocenters. The van der Waals surface area contributed by atoms with Crippen molar-refractivity contribution in [2.45, 2.75) is 0 Å². The maximum Gasteiger partial charge on any atom is 0.355 e. The first-order chi connectivity index (χ1) is 12.3. The van der Waals surface area contributed by atoms with Crippen molar-refractivity contribution in [2.24, 2.45) is 0 Å². The van der Waals surface area contributed by atoms with Gasteiger partial charge in [0.05, 0.1) is 42.6 Å². The van der Waals surface area contributed by atoms with E-state index in [1.165, 1.54) is 0 Å². The Labute approximate surface area is 146 Å². The van der Waals surface area contributed by atoms with Crippen LogP contribution in [0.15, 0.2) is 29.5 Å². The van der Waals surface area contributed by atoms with E-state index in [1.807, 2.05) is 0 Å². The molecule has 1 aliphatic rings. The number of carboxylic acid groups (broad SMARTS) is 1. The van der Waals surface area contributed by atoms with Crippen LogP contribution in [0.3, 0.4) is 0 Å². The molecule has 1 N–H and O–H groups in total. The summed E-state index contributed by atoms with van der Waals surface area (Å²) in [5.74, 6) is -3.15. The van der Waals surface area contributed by atoms with E-state index < -0.39 is 28.5 Å². The summed E-state index contributed by atoms with van der Waals surface area (Å²) in [4.78, 5) is 46.8. The number of ether oxygens (including phenoxy) is 3. The maximum atomic E-state index is 12.2. The van der Waals surface area contributed by atoms with Crippen molar-refractivity contribution in [1.29, 1.82) is 0 Å². The standard InChI is InChI=1S/C15H14N2O9/c1-24-14(20)11-6-26-7-16(12(11)15(21)25-2)9-3-8(13(18)19)4-10(5-9)17(22)23/h3-5H,6-7H2,1-2H3,(H,18,19). The van der Waals surface area contributed by atoms with Crippen LogP contribution in [-0.2, 0) is 23.8 Å². The van der Waals surface area contributed by atoms with E-state index in [1.54, 1.807) is 0 Å². The van der Waals surface area contributed by atoms with Crippen LogP contribution in [0.5, 0.6) is 0 Å². The highest BCUT2D eigenvalue weighted by Crippen LogP contribution is 2.30. The number of carboxylic acids is 1. The molecule has 11 nitrogen and oxygen atoms in total. The van der Waals surface area contributed by atoms with Crippen molar-refractivity contribution < 1.29 is 38.6 Å². The lowest BCUT2D eigenvalue weighted by Gasteiger charge is -2.31. The number of benzene rings is 1. The fourth-order valence-corrected chi connectivity index (χ4v) is 2.33. The van der Waals surface area contributed by atoms with E-state index in [0.29, 0.717) is 0 Å². The molecule has 26 heavy (non-hydrogen) atoms. The topological polar surface area (TPSA) is 146 Å². The first-order valence-electron chi connectivity index (χ1n) is 7.08. The number of methoxy groups -OCH3 is 2. The second kappa shape index (κ2) is 7.61. The molecule has 0 aliphatic carbocycles. The number of anilines is 1. The van der Waals surface area contributed by atoms with Gasteiger partial charge in [0, 0.05) is 12.1 Å². The van der Waals surface area contributed by atoms with Gasteiger partial charge >= 0.3 is 17.9 Å². The number of carbonyl (C=O) groups is 3. The maximum absolute atomic E-state index is 12.2. The minimum absolute atomic E-state index is 0.0295. The highest BCUT2D eigenvalue weighted by Gasteiger charge is 2.33. The fourth-order valence-electron chi connectivity index (χ4n) is 2.33. The van der Waals surface area contributed by atoms with E-state index in [9.17, 15) is 24.5 Å². The molecular weight excluding hydrogens is 352 g/mol. The number of rotatable bonds is 5. The number of nitrogens with zero attached hydrogens (tertiary/aromatic N) is 2. The quantitative estimate of drug-likeness (QED) is 0.448. The molecule has 0 saturated carbocycles. The molecule has 0 atom stereocenters. The van der Waals surface area contributed by atoms with Gasteiger partial charge in [-0.15, -0.1) is 0 Å². The average Bonchev–Trinajstić information content (AvgIpc) is 2.65. The number of hydrogen-bond donors (Lipinski definition) is 1. The zero-order valence-electron chi connectivity index (χ0n) is 13.8. The average molecular weight is 366 g/mol. The predicted molar refractivity (Wildman–Crippen MR) is 84.4 cm³/mol. The van der Waals surface area contributed by atoms with Crippen LogP contribution in [0.4, 0.5) is 11.4 Å². The molecule has 0 fully saturated rings. The van der Waals surface area contributed by atoms with Gasteiger partial charge in [-0.3, -0.25) is 10.1 Å². The number of non-ortho nitro benzene ring substituents is 1. The van der Waals surface area contributed by atoms with Gasteiger partial charge < -0.3 is 24.2 Å². The molecule has 0 aromatic heterocycles. The molecule has 0 bridgehead atoms. The largest absolute Gasteiger partial charge is 0.478 e. The predicted octanol–water partition coefficient (Wildman–Crippen LogP) is 0.687. The summed E-state index contributed by atoms with van der Waals surface area (Å²) in [6.07, 6.45) is 0. The molecule has 11 heteroatoms. The number of hydrogen-bond acceptors (Lipinski definition) is 9. The Balaban J connectivity index is 2.68. The Kier molecular flexibility index (Phi) is 5.52. The summed E-state index contributed by atoms with van der Waals surface area (Å²) < 4.78 is 14.5. The van der Waals surface area contributed by atoms with Crippen molar-refractivity contribution >= 4 is 29.3 Å². The van der Waals surface area contributed by atoms with Crippen LogP contribution >= 0.6 is 0 Å². The number of nitro benzene ring substituents is 1. The summed E-state index contributed by atoms with van der Waals surface area (Å²) in [5.41, 5.74) is -1.31. The Morgan fingerprint density at radius 2 is 1.85 bits per heavy atom. The lowest BCUT2D eigenvalue weighted by Crippen LogP contribution is -2.38. The summed E-state index contributed by atoms with van der Waals surface area (Å²) in [6, 6.07) is 3.04. The number of nitro groups is 1. The molecule has 138 valence electrons. The second-order valence-corrected chi connectivity index (χ2v) is 5.02. The highest BCUT2D eigenvalue weighted by molar-refractivity contribution is 6.03. The number of carbonyl (C=O) groups excluding carboxylic acids is 2. The monoisotopic (exact) mass is 366 g/mol. The molecule has 1 aromatic carbocycles. The Morgan fingerprint density at radius 3 is 2.38 bits per heavy atom. The van der Waals surface area contributed by atoms with Gasteiger partial charge in [0.15, 0.2) is 0 Å². The van der Waals surface area contributed by atoms with Crippen molar-refractivity contribution in [3.8, 4) is 0 Å². The third-order valence-electron chi connectivity index (χ3n) is 3.51. The second-order valence-electron chi connectivity index (χ2n) is 5.02. The third-order valence-corrected chi connectivity index (χ3v) is 3.51. The normalized spacial score (nSPS) is 14.0. The van der Waals surface area contributed by atoms with E-state index in [-0.39, 0.29) is 35.9 Å². The van der Waals surface area contributed by atoms with Gasteiger partial charge in [-0.1, -0.05) is 0 Å². The van der Waals surface area contributed by atoms with Crippen molar-refractivity contribution in [3.05, 3.63) is 45.1 Å². The van der Waals surface area contributed by atoms with E-state index in [4.69, 9.17) is 9.84 Å². The minimum Gasteiger partial charge on any atom is -0.478 e. The smallest absolute Gasteiger partial charge is 0.355 e. The first kappa shape index (κ1) is 18.9. The molecule has 1 heterocycles. The third kappa shape index (κ3) is 3.62. The molecule has 0 saturated heterocycles. The van der Waals surface area contributed by atoms with Crippen LogP contribution < -0.4 is 4.90 Å². The molecule has 0 radical (unpaired) electrons. The summed E-state index contributed by atoms with van der Waals surface area (Å²) in [6.45, 7) is -0.501. The Hall–Kier alpha value is -3.47. The Morgan fingerprint density at radius 1 is 1.19 bits per heavy atom. The van der Waals surface area contributed by atoms with E-state index >= 15 is 0 Å². The zero-order valence-corrected chi connectivity index (χ0v) is 13.8. The van der Waals surface area contributed by atoms with Crippen molar-refractivity contribution in [3.63, 3.8) is 0 Å². The van der Waals surface area contributed by atoms with Crippen molar-refractivity contribution in [1.82, 2.24) is 0 Å². The molecule has 2 rings (SSSR count). The highest BCUT2D eigenvalue weighted by atomic mass is 16.6. The molecule has 0 amide bonds. The minimum atomic E-state index is -1.40. The van der Waals surface area contributed by atoms with Gasteiger partial charge in [0.1, 0.15) is 12.4 Å². The SMILES string of the molecule is COC(=O)C1=C(C(=O)OC)N(c2cc(C(=O)O)cc([N+](=O)[O-])c2)COC1. The molecule has 1 aromatic rings. The Bertz CT molecular complexity index is 783. The van der Waals surface area contributed by atoms with Gasteiger partial charge in [-0.05, 0) is 6.07 Å². The van der Waals surface area contributed by atoms with Crippen LogP contribution in [0.1, 0.15) is 10.4 Å². The van der Waals surface area contributed by atoms with Crippen LogP contribution in [0.2, 0.25) is 0 Å². The summed E-state index contributed by atoms with van der Waals surface area (Å²) in [5, 5.41) is 20.2. The number of esters is 2. The lowest BCUT2D eigenvalue weighted by molar-refractivity contribution is -0.384. The summed E-state index contributed by atoms with van der Waals surface area (Å²) >= 11 is 0. The van der Waals surface area contributed by atoms with Crippen LogP contribution in [0, 0.1) is 10.1 Å². The van der Waals surface area contributed by atoms with E-state index in [0.717, 1.165) is 37.3 Å². The van der Waals surface area contributed by atoms with Gasteiger partial charge in [0.25, 0.3) is 5.69 Å². The van der Waals surface area contributed by atoms with Crippen LogP contribution in [0.25, 0.3) is 0 Å². The van der Waals surface area contributed by atoms with Crippen LogP contribution in [-0.4, -0.2) is 55.5 Å². The molecular formula is C15H14N2O9. The lowest BCUT2D eigenvalue weighted by atomic mass is 10.1. The fraction of sp³-hybridized carbons (Fsp3) is 0.267. The molecule has 1 aliphatic heterocycles. The first-order valence-corrected chi connectivity index (χ1v) is 7.08. The zero-order chi connectivity index (χ0) is 19.4.